The van der Waals surface area contributed by atoms with Crippen LogP contribution in [-0.2, 0) is 0 Å². The second-order valence-electron chi connectivity index (χ2n) is 9.17. The van der Waals surface area contributed by atoms with Crippen LogP contribution >= 0.6 is 8.60 Å². The normalized spacial score (nSPS) is 10.7. The van der Waals surface area contributed by atoms with E-state index < -0.39 is 8.60 Å². The highest BCUT2D eigenvalue weighted by atomic mass is 31.2. The molecule has 0 saturated heterocycles. The van der Waals surface area contributed by atoms with Crippen molar-refractivity contribution in [1.29, 1.82) is 0 Å². The summed E-state index contributed by atoms with van der Waals surface area (Å²) >= 11 is 0. The van der Waals surface area contributed by atoms with E-state index in [1.807, 2.05) is 127 Å². The van der Waals surface area contributed by atoms with Crippen LogP contribution in [-0.4, -0.2) is 0 Å². The zero-order chi connectivity index (χ0) is 27.0. The Bertz CT molecular complexity index is 1420. The van der Waals surface area contributed by atoms with Crippen LogP contribution < -0.4 is 13.6 Å². The molecule has 6 aromatic rings. The number of hydrogen-bond donors (Lipinski definition) is 0. The van der Waals surface area contributed by atoms with Crippen molar-refractivity contribution in [2.75, 3.05) is 0 Å². The van der Waals surface area contributed by atoms with E-state index in [1.54, 1.807) is 0 Å². The van der Waals surface area contributed by atoms with Gasteiger partial charge in [-0.3, -0.25) is 0 Å². The van der Waals surface area contributed by atoms with Gasteiger partial charge in [-0.15, -0.1) is 0 Å². The summed E-state index contributed by atoms with van der Waals surface area (Å²) in [5.41, 5.74) is 6.81. The van der Waals surface area contributed by atoms with E-state index in [0.717, 1.165) is 33.4 Å². The predicted molar refractivity (Wildman–Crippen MR) is 164 cm³/mol. The zero-order valence-corrected chi connectivity index (χ0v) is 22.7. The van der Waals surface area contributed by atoms with Crippen LogP contribution in [0.1, 0.15) is 0 Å². The molecule has 0 N–H and O–H groups in total. The third-order valence-corrected chi connectivity index (χ3v) is 7.50. The Morgan fingerprint density at radius 3 is 0.725 bits per heavy atom. The molecule has 6 aromatic carbocycles. The molecule has 0 heterocycles. The van der Waals surface area contributed by atoms with Crippen molar-refractivity contribution >= 4 is 8.60 Å². The molecule has 194 valence electrons. The summed E-state index contributed by atoms with van der Waals surface area (Å²) in [5.74, 6) is 2.02. The topological polar surface area (TPSA) is 27.7 Å². The molecule has 0 fully saturated rings. The maximum atomic E-state index is 6.26. The van der Waals surface area contributed by atoms with E-state index in [2.05, 4.69) is 36.4 Å². The van der Waals surface area contributed by atoms with Crippen molar-refractivity contribution in [3.8, 4) is 50.6 Å². The molecule has 0 spiro atoms. The van der Waals surface area contributed by atoms with Gasteiger partial charge in [-0.05, 0) is 69.8 Å². The Hall–Kier alpha value is -4.85. The Morgan fingerprint density at radius 1 is 0.250 bits per heavy atom. The summed E-state index contributed by atoms with van der Waals surface area (Å²) in [6.45, 7) is 0. The highest BCUT2D eigenvalue weighted by Gasteiger charge is 2.20. The zero-order valence-electron chi connectivity index (χ0n) is 21.8. The Labute approximate surface area is 236 Å². The number of benzene rings is 6. The molecule has 0 aliphatic carbocycles. The molecule has 0 amide bonds. The molecule has 0 radical (unpaired) electrons. The van der Waals surface area contributed by atoms with Crippen molar-refractivity contribution in [2.45, 2.75) is 0 Å². The average molecular weight is 539 g/mol. The van der Waals surface area contributed by atoms with Gasteiger partial charge in [0.05, 0.1) is 0 Å². The highest BCUT2D eigenvalue weighted by Crippen LogP contribution is 2.43. The van der Waals surface area contributed by atoms with Crippen LogP contribution in [0.2, 0.25) is 0 Å². The molecule has 40 heavy (non-hydrogen) atoms. The number of rotatable bonds is 9. The summed E-state index contributed by atoms with van der Waals surface area (Å²) < 4.78 is 18.8. The van der Waals surface area contributed by atoms with Crippen LogP contribution in [0.5, 0.6) is 17.2 Å². The lowest BCUT2D eigenvalue weighted by molar-refractivity contribution is 0.388. The van der Waals surface area contributed by atoms with Crippen LogP contribution in [0.4, 0.5) is 0 Å². The van der Waals surface area contributed by atoms with E-state index in [4.69, 9.17) is 13.6 Å². The van der Waals surface area contributed by atoms with Crippen molar-refractivity contribution in [3.63, 3.8) is 0 Å². The van der Waals surface area contributed by atoms with Crippen LogP contribution in [0, 0.1) is 0 Å². The molecule has 0 saturated carbocycles. The second kappa shape index (κ2) is 12.3. The molecule has 0 bridgehead atoms. The smallest absolute Gasteiger partial charge is 0.409 e. The van der Waals surface area contributed by atoms with Crippen LogP contribution in [0.15, 0.2) is 164 Å². The van der Waals surface area contributed by atoms with Gasteiger partial charge in [-0.1, -0.05) is 127 Å². The molecule has 4 heteroatoms. The minimum absolute atomic E-state index is 0.674. The standard InChI is InChI=1S/C36H27O3P/c1-4-10-28(11-5-1)31-16-22-34(23-17-31)37-40(38-35-24-18-32(19-25-35)29-12-6-2-7-13-29)39-36-26-20-33(21-27-36)30-14-8-3-9-15-30/h1-27H. The number of hydrogen-bond acceptors (Lipinski definition) is 3. The molecule has 3 nitrogen and oxygen atoms in total. The maximum absolute atomic E-state index is 6.26. The molecular formula is C36H27O3P. The van der Waals surface area contributed by atoms with Crippen LogP contribution in [0.3, 0.4) is 0 Å². The van der Waals surface area contributed by atoms with Gasteiger partial charge < -0.3 is 13.6 Å². The van der Waals surface area contributed by atoms with Gasteiger partial charge in [0.15, 0.2) is 0 Å². The summed E-state index contributed by atoms with van der Waals surface area (Å²) in [4.78, 5) is 0. The fourth-order valence-electron chi connectivity index (χ4n) is 4.33. The Kier molecular flexibility index (Phi) is 7.84. The van der Waals surface area contributed by atoms with Crippen molar-refractivity contribution in [3.05, 3.63) is 164 Å². The summed E-state index contributed by atoms with van der Waals surface area (Å²) in [7, 11) is -1.78. The fraction of sp³-hybridized carbons (Fsp3) is 0. The average Bonchev–Trinajstić information content (AvgIpc) is 3.03. The quantitative estimate of drug-likeness (QED) is 0.171. The first-order chi connectivity index (χ1) is 19.8. The van der Waals surface area contributed by atoms with Crippen LogP contribution in [0.25, 0.3) is 33.4 Å². The Balaban J connectivity index is 1.21. The van der Waals surface area contributed by atoms with Crippen molar-refractivity contribution in [1.82, 2.24) is 0 Å². The van der Waals surface area contributed by atoms with Crippen molar-refractivity contribution in [2.24, 2.45) is 0 Å². The summed E-state index contributed by atoms with van der Waals surface area (Å²) in [6.07, 6.45) is 0. The van der Waals surface area contributed by atoms with E-state index in [-0.39, 0.29) is 0 Å². The van der Waals surface area contributed by atoms with Gasteiger partial charge in [-0.25, -0.2) is 0 Å². The lowest BCUT2D eigenvalue weighted by Gasteiger charge is -2.18. The lowest BCUT2D eigenvalue weighted by Crippen LogP contribution is -2.02. The lowest BCUT2D eigenvalue weighted by atomic mass is 10.1. The SMILES string of the molecule is c1ccc(-c2ccc(OP(Oc3ccc(-c4ccccc4)cc3)Oc3ccc(-c4ccccc4)cc3)cc2)cc1. The molecule has 0 atom stereocenters. The first-order valence-corrected chi connectivity index (χ1v) is 14.2. The second-order valence-corrected chi connectivity index (χ2v) is 10.2. The fourth-order valence-corrected chi connectivity index (χ4v) is 5.32. The van der Waals surface area contributed by atoms with Gasteiger partial charge in [0.2, 0.25) is 0 Å². The van der Waals surface area contributed by atoms with Gasteiger partial charge in [0.1, 0.15) is 17.2 Å². The molecule has 6 rings (SSSR count). The Morgan fingerprint density at radius 2 is 0.475 bits per heavy atom. The van der Waals surface area contributed by atoms with E-state index in [0.29, 0.717) is 17.2 Å². The predicted octanol–water partition coefficient (Wildman–Crippen LogP) is 10.5. The van der Waals surface area contributed by atoms with Gasteiger partial charge in [0, 0.05) is 0 Å². The molecule has 0 aliphatic rings. The van der Waals surface area contributed by atoms with Crippen molar-refractivity contribution < 1.29 is 13.6 Å². The third kappa shape index (κ3) is 6.40. The molecular weight excluding hydrogens is 511 g/mol. The summed E-state index contributed by atoms with van der Waals surface area (Å²) in [6, 6.07) is 54.7. The first-order valence-electron chi connectivity index (χ1n) is 13.1. The minimum Gasteiger partial charge on any atom is -0.409 e. The molecule has 0 aliphatic heterocycles. The first kappa shape index (κ1) is 25.4. The van der Waals surface area contributed by atoms with Gasteiger partial charge in [0.25, 0.3) is 0 Å². The van der Waals surface area contributed by atoms with Gasteiger partial charge in [-0.2, -0.15) is 0 Å². The monoisotopic (exact) mass is 538 g/mol. The summed E-state index contributed by atoms with van der Waals surface area (Å²) in [5, 5.41) is 0. The van der Waals surface area contributed by atoms with Gasteiger partial charge >= 0.3 is 8.60 Å². The van der Waals surface area contributed by atoms with E-state index in [9.17, 15) is 0 Å². The third-order valence-electron chi connectivity index (χ3n) is 6.42. The van der Waals surface area contributed by atoms with E-state index >= 15 is 0 Å². The van der Waals surface area contributed by atoms with E-state index in [1.165, 1.54) is 0 Å². The molecule has 0 aromatic heterocycles. The minimum atomic E-state index is -1.78. The maximum Gasteiger partial charge on any atom is 0.530 e. The largest absolute Gasteiger partial charge is 0.530 e. The molecule has 0 unspecified atom stereocenters. The highest BCUT2D eigenvalue weighted by molar-refractivity contribution is 7.43.